The van der Waals surface area contributed by atoms with Crippen LogP contribution in [0.5, 0.6) is 11.5 Å². The van der Waals surface area contributed by atoms with Gasteiger partial charge in [-0.3, -0.25) is 24.5 Å². The molecule has 0 saturated carbocycles. The molecule has 0 radical (unpaired) electrons. The molecule has 1 aliphatic heterocycles. The Morgan fingerprint density at radius 1 is 1.12 bits per heavy atom. The minimum Gasteiger partial charge on any atom is -0.504 e. The lowest BCUT2D eigenvalue weighted by atomic mass is 9.60. The quantitative estimate of drug-likeness (QED) is 0.421. The number of hydrogen-bond acceptors (Lipinski definition) is 6. The molecule has 2 N–H and O–H groups in total. The molecule has 0 aromatic heterocycles. The lowest BCUT2D eigenvalue weighted by Crippen LogP contribution is -2.39. The zero-order chi connectivity index (χ0) is 23.4. The maximum Gasteiger partial charge on any atom is 0.231 e. The standard InChI is InChI=1S/C26H23NO6/c1-12-9-20(29)18-11-17-14(6-7-16-23(17)26(32)27-25(16)31)15(22(18)24(12)30)5-3-13-4-8-19(28)21(10-13)33-2/h3-6,8-10,15-17,23,28H,7,11H2,1-2H3,(H,27,31,32). The molecule has 0 spiro atoms. The zero-order valence-corrected chi connectivity index (χ0v) is 18.3. The van der Waals surface area contributed by atoms with Crippen LogP contribution in [-0.4, -0.2) is 35.6 Å². The number of carbonyl (C=O) groups excluding carboxylic acids is 4. The smallest absolute Gasteiger partial charge is 0.231 e. The number of allylic oxidation sites excluding steroid dienone is 7. The minimum atomic E-state index is -0.536. The second kappa shape index (κ2) is 7.69. The van der Waals surface area contributed by atoms with Crippen LogP contribution in [0, 0.1) is 23.7 Å². The summed E-state index contributed by atoms with van der Waals surface area (Å²) >= 11 is 0. The fraction of sp³-hybridized carbons (Fsp3) is 0.308. The van der Waals surface area contributed by atoms with Gasteiger partial charge in [-0.15, -0.1) is 0 Å². The highest BCUT2D eigenvalue weighted by Gasteiger charge is 2.52. The number of hydrogen-bond donors (Lipinski definition) is 2. The summed E-state index contributed by atoms with van der Waals surface area (Å²) in [6.45, 7) is 1.63. The van der Waals surface area contributed by atoms with Crippen molar-refractivity contribution in [1.29, 1.82) is 0 Å². The van der Waals surface area contributed by atoms with Gasteiger partial charge in [-0.1, -0.05) is 29.9 Å². The third-order valence-electron chi connectivity index (χ3n) is 7.14. The van der Waals surface area contributed by atoms with Crippen LogP contribution in [-0.2, 0) is 19.2 Å². The Bertz CT molecular complexity index is 1250. The molecule has 1 saturated heterocycles. The Kier molecular flexibility index (Phi) is 4.92. The number of benzene rings is 1. The van der Waals surface area contributed by atoms with E-state index in [2.05, 4.69) is 5.32 Å². The summed E-state index contributed by atoms with van der Waals surface area (Å²) in [5.74, 6) is -2.40. The van der Waals surface area contributed by atoms with Crippen molar-refractivity contribution in [3.63, 3.8) is 0 Å². The Morgan fingerprint density at radius 3 is 2.67 bits per heavy atom. The highest BCUT2D eigenvalue weighted by Crippen LogP contribution is 2.51. The van der Waals surface area contributed by atoms with Crippen molar-refractivity contribution in [2.24, 2.45) is 23.7 Å². The molecule has 4 unspecified atom stereocenters. The highest BCUT2D eigenvalue weighted by atomic mass is 16.5. The zero-order valence-electron chi connectivity index (χ0n) is 18.3. The van der Waals surface area contributed by atoms with Gasteiger partial charge >= 0.3 is 0 Å². The summed E-state index contributed by atoms with van der Waals surface area (Å²) in [6.07, 6.45) is 7.70. The first-order chi connectivity index (χ1) is 15.8. The van der Waals surface area contributed by atoms with Crippen LogP contribution in [0.3, 0.4) is 0 Å². The van der Waals surface area contributed by atoms with E-state index in [0.717, 1.165) is 11.1 Å². The normalized spacial score (nSPS) is 28.8. The molecule has 4 atom stereocenters. The van der Waals surface area contributed by atoms with Crippen molar-refractivity contribution in [2.45, 2.75) is 19.8 Å². The number of imide groups is 1. The number of fused-ring (bicyclic) bond motifs is 3. The van der Waals surface area contributed by atoms with E-state index in [9.17, 15) is 24.3 Å². The predicted molar refractivity (Wildman–Crippen MR) is 119 cm³/mol. The second-order valence-electron chi connectivity index (χ2n) is 8.92. The summed E-state index contributed by atoms with van der Waals surface area (Å²) in [4.78, 5) is 51.0. The van der Waals surface area contributed by atoms with Crippen LogP contribution in [0.25, 0.3) is 6.08 Å². The predicted octanol–water partition coefficient (Wildman–Crippen LogP) is 2.66. The Morgan fingerprint density at radius 2 is 1.91 bits per heavy atom. The molecular weight excluding hydrogens is 422 g/mol. The summed E-state index contributed by atoms with van der Waals surface area (Å²) in [5.41, 5.74) is 2.92. The number of carbonyl (C=O) groups is 4. The molecule has 1 aromatic rings. The van der Waals surface area contributed by atoms with Gasteiger partial charge in [0.1, 0.15) is 0 Å². The number of ether oxygens (including phenoxy) is 1. The van der Waals surface area contributed by atoms with E-state index in [1.807, 2.05) is 18.2 Å². The third kappa shape index (κ3) is 3.26. The Labute approximate surface area is 190 Å². The molecule has 33 heavy (non-hydrogen) atoms. The van der Waals surface area contributed by atoms with Gasteiger partial charge in [-0.25, -0.2) is 0 Å². The monoisotopic (exact) mass is 445 g/mol. The molecule has 5 rings (SSSR count). The fourth-order valence-corrected chi connectivity index (χ4v) is 5.55. The van der Waals surface area contributed by atoms with E-state index >= 15 is 0 Å². The molecule has 1 fully saturated rings. The number of phenolic OH excluding ortho intramolecular Hbond substituents is 1. The van der Waals surface area contributed by atoms with E-state index in [-0.39, 0.29) is 41.5 Å². The van der Waals surface area contributed by atoms with Gasteiger partial charge in [0.15, 0.2) is 23.1 Å². The Balaban J connectivity index is 1.61. The summed E-state index contributed by atoms with van der Waals surface area (Å²) in [7, 11) is 1.46. The number of ketones is 2. The molecule has 4 aliphatic rings. The van der Waals surface area contributed by atoms with Crippen LogP contribution >= 0.6 is 0 Å². The van der Waals surface area contributed by atoms with E-state index in [4.69, 9.17) is 4.74 Å². The number of amides is 2. The minimum absolute atomic E-state index is 0.0177. The van der Waals surface area contributed by atoms with E-state index in [1.54, 1.807) is 19.1 Å². The second-order valence-corrected chi connectivity index (χ2v) is 8.92. The summed E-state index contributed by atoms with van der Waals surface area (Å²) < 4.78 is 5.18. The van der Waals surface area contributed by atoms with Gasteiger partial charge in [0, 0.05) is 22.6 Å². The number of methoxy groups -OCH3 is 1. The van der Waals surface area contributed by atoms with E-state index in [1.165, 1.54) is 19.3 Å². The van der Waals surface area contributed by atoms with Crippen molar-refractivity contribution >= 4 is 29.5 Å². The van der Waals surface area contributed by atoms with Crippen LogP contribution < -0.4 is 10.1 Å². The molecular formula is C26H23NO6. The van der Waals surface area contributed by atoms with Gasteiger partial charge < -0.3 is 9.84 Å². The molecule has 1 heterocycles. The average molecular weight is 445 g/mol. The molecule has 2 amide bonds. The van der Waals surface area contributed by atoms with Crippen molar-refractivity contribution in [3.8, 4) is 11.5 Å². The highest BCUT2D eigenvalue weighted by molar-refractivity contribution is 6.23. The van der Waals surface area contributed by atoms with E-state index in [0.29, 0.717) is 28.9 Å². The Hall–Kier alpha value is -3.74. The molecule has 0 bridgehead atoms. The fourth-order valence-electron chi connectivity index (χ4n) is 5.55. The van der Waals surface area contributed by atoms with Crippen LogP contribution in [0.1, 0.15) is 25.3 Å². The van der Waals surface area contributed by atoms with E-state index < -0.39 is 17.8 Å². The number of Topliss-reactive ketones (excluding diaryl/α,β-unsaturated/α-hetero) is 1. The van der Waals surface area contributed by atoms with Crippen molar-refractivity contribution in [3.05, 3.63) is 64.3 Å². The van der Waals surface area contributed by atoms with Crippen LogP contribution in [0.15, 0.2) is 58.7 Å². The van der Waals surface area contributed by atoms with Crippen molar-refractivity contribution < 1.29 is 29.0 Å². The maximum atomic E-state index is 13.2. The maximum absolute atomic E-state index is 13.2. The first kappa shape index (κ1) is 21.1. The first-order valence-corrected chi connectivity index (χ1v) is 10.9. The summed E-state index contributed by atoms with van der Waals surface area (Å²) in [6, 6.07) is 4.92. The number of nitrogens with one attached hydrogen (secondary N) is 1. The lowest BCUT2D eigenvalue weighted by molar-refractivity contribution is -0.126. The molecule has 7 nitrogen and oxygen atoms in total. The molecule has 3 aliphatic carbocycles. The SMILES string of the molecule is COc1cc(C=CC2C3=CCC4C(=O)NC(=O)C4C3CC3=C2C(=O)C(C)=CC3=O)ccc1O. The van der Waals surface area contributed by atoms with Crippen molar-refractivity contribution in [2.75, 3.05) is 7.11 Å². The average Bonchev–Trinajstić information content (AvgIpc) is 3.09. The lowest BCUT2D eigenvalue weighted by Gasteiger charge is -2.41. The van der Waals surface area contributed by atoms with Gasteiger partial charge in [-0.05, 0) is 49.5 Å². The number of phenols is 1. The van der Waals surface area contributed by atoms with Crippen LogP contribution in [0.4, 0.5) is 0 Å². The van der Waals surface area contributed by atoms with Gasteiger partial charge in [0.2, 0.25) is 11.8 Å². The molecule has 168 valence electrons. The molecule has 7 heteroatoms. The molecule has 1 aromatic carbocycles. The number of rotatable bonds is 3. The first-order valence-electron chi connectivity index (χ1n) is 10.9. The topological polar surface area (TPSA) is 110 Å². The largest absolute Gasteiger partial charge is 0.504 e. The number of aromatic hydroxyl groups is 1. The van der Waals surface area contributed by atoms with Crippen LogP contribution in [0.2, 0.25) is 0 Å². The third-order valence-corrected chi connectivity index (χ3v) is 7.14. The van der Waals surface area contributed by atoms with Gasteiger partial charge in [0.25, 0.3) is 0 Å². The summed E-state index contributed by atoms with van der Waals surface area (Å²) in [5, 5.41) is 12.3. The van der Waals surface area contributed by atoms with Gasteiger partial charge in [-0.2, -0.15) is 0 Å². The van der Waals surface area contributed by atoms with Crippen molar-refractivity contribution in [1.82, 2.24) is 5.32 Å². The van der Waals surface area contributed by atoms with Gasteiger partial charge in [0.05, 0.1) is 18.9 Å².